The zero-order valence-electron chi connectivity index (χ0n) is 14.3. The zero-order valence-corrected chi connectivity index (χ0v) is 15.1. The second-order valence-corrected chi connectivity index (χ2v) is 7.33. The smallest absolute Gasteiger partial charge is 0.151 e. The van der Waals surface area contributed by atoms with Gasteiger partial charge in [0.2, 0.25) is 0 Å². The van der Waals surface area contributed by atoms with E-state index >= 15 is 0 Å². The van der Waals surface area contributed by atoms with E-state index in [9.17, 15) is 0 Å². The first kappa shape index (κ1) is 16.2. The number of hydrogen-bond donors (Lipinski definition) is 0. The molecule has 1 fully saturated rings. The van der Waals surface area contributed by atoms with Crippen LogP contribution in [0.5, 0.6) is 0 Å². The standard InChI is InChI=1S/C19H21N5S/c1-15-20-17(14-25-15)13-23-9-11-24(12-10-23)19-8-7-18(21-22-19)16-5-3-2-4-6-16/h2-8,14H,9-13H2,1H3. The molecule has 6 heteroatoms. The lowest BCUT2D eigenvalue weighted by Gasteiger charge is -2.34. The Morgan fingerprint density at radius 1 is 0.960 bits per heavy atom. The van der Waals surface area contributed by atoms with Gasteiger partial charge in [0, 0.05) is 43.7 Å². The molecule has 1 aromatic carbocycles. The number of anilines is 1. The molecule has 0 atom stereocenters. The van der Waals surface area contributed by atoms with E-state index in [-0.39, 0.29) is 0 Å². The number of nitrogens with zero attached hydrogens (tertiary/aromatic N) is 5. The molecule has 0 aliphatic carbocycles. The monoisotopic (exact) mass is 351 g/mol. The predicted molar refractivity (Wildman–Crippen MR) is 102 cm³/mol. The second kappa shape index (κ2) is 7.29. The van der Waals surface area contributed by atoms with Crippen LogP contribution in [0.3, 0.4) is 0 Å². The van der Waals surface area contributed by atoms with Gasteiger partial charge in [-0.25, -0.2) is 4.98 Å². The second-order valence-electron chi connectivity index (χ2n) is 6.26. The van der Waals surface area contributed by atoms with Crippen molar-refractivity contribution >= 4 is 17.2 Å². The van der Waals surface area contributed by atoms with Crippen LogP contribution in [0.2, 0.25) is 0 Å². The third kappa shape index (κ3) is 3.86. The summed E-state index contributed by atoms with van der Waals surface area (Å²) < 4.78 is 0. The molecule has 0 N–H and O–H groups in total. The molecule has 3 aromatic rings. The van der Waals surface area contributed by atoms with Crippen molar-refractivity contribution in [2.24, 2.45) is 0 Å². The van der Waals surface area contributed by atoms with E-state index in [1.54, 1.807) is 11.3 Å². The van der Waals surface area contributed by atoms with Crippen molar-refractivity contribution in [1.82, 2.24) is 20.1 Å². The van der Waals surface area contributed by atoms with Gasteiger partial charge >= 0.3 is 0 Å². The van der Waals surface area contributed by atoms with E-state index in [2.05, 4.69) is 61.6 Å². The van der Waals surface area contributed by atoms with Crippen LogP contribution in [0.15, 0.2) is 47.8 Å². The first-order valence-corrected chi connectivity index (χ1v) is 9.43. The Morgan fingerprint density at radius 2 is 1.76 bits per heavy atom. The number of rotatable bonds is 4. The summed E-state index contributed by atoms with van der Waals surface area (Å²) in [4.78, 5) is 9.33. The number of piperazine rings is 1. The third-order valence-electron chi connectivity index (χ3n) is 4.47. The van der Waals surface area contributed by atoms with Gasteiger partial charge in [-0.05, 0) is 19.1 Å². The summed E-state index contributed by atoms with van der Waals surface area (Å²) in [6.45, 7) is 7.00. The highest BCUT2D eigenvalue weighted by molar-refractivity contribution is 7.09. The van der Waals surface area contributed by atoms with Crippen LogP contribution in [-0.2, 0) is 6.54 Å². The molecule has 25 heavy (non-hydrogen) atoms. The maximum atomic E-state index is 4.56. The van der Waals surface area contributed by atoms with Gasteiger partial charge in [0.25, 0.3) is 0 Å². The molecule has 4 rings (SSSR count). The van der Waals surface area contributed by atoms with Gasteiger partial charge in [-0.2, -0.15) is 0 Å². The Labute approximate surface area is 152 Å². The van der Waals surface area contributed by atoms with Crippen LogP contribution < -0.4 is 4.90 Å². The molecule has 0 bridgehead atoms. The molecule has 0 amide bonds. The summed E-state index contributed by atoms with van der Waals surface area (Å²) >= 11 is 1.72. The minimum atomic E-state index is 0.918. The summed E-state index contributed by atoms with van der Waals surface area (Å²) in [6, 6.07) is 14.3. The number of thiazole rings is 1. The highest BCUT2D eigenvalue weighted by Crippen LogP contribution is 2.19. The topological polar surface area (TPSA) is 45.2 Å². The first-order chi connectivity index (χ1) is 12.3. The van der Waals surface area contributed by atoms with E-state index in [1.165, 1.54) is 5.69 Å². The minimum absolute atomic E-state index is 0.918. The number of hydrogen-bond acceptors (Lipinski definition) is 6. The van der Waals surface area contributed by atoms with Gasteiger partial charge < -0.3 is 4.90 Å². The lowest BCUT2D eigenvalue weighted by molar-refractivity contribution is 0.247. The molecule has 2 aromatic heterocycles. The van der Waals surface area contributed by atoms with Gasteiger partial charge in [-0.15, -0.1) is 21.5 Å². The van der Waals surface area contributed by atoms with Crippen LogP contribution in [0, 0.1) is 6.92 Å². The van der Waals surface area contributed by atoms with Crippen molar-refractivity contribution in [3.05, 3.63) is 58.5 Å². The van der Waals surface area contributed by atoms with Crippen molar-refractivity contribution in [3.63, 3.8) is 0 Å². The highest BCUT2D eigenvalue weighted by Gasteiger charge is 2.19. The fraction of sp³-hybridized carbons (Fsp3) is 0.316. The van der Waals surface area contributed by atoms with Crippen LogP contribution >= 0.6 is 11.3 Å². The Bertz CT molecular complexity index is 807. The van der Waals surface area contributed by atoms with Gasteiger partial charge in [0.1, 0.15) is 0 Å². The lowest BCUT2D eigenvalue weighted by Crippen LogP contribution is -2.46. The molecule has 1 aliphatic heterocycles. The minimum Gasteiger partial charge on any atom is -0.353 e. The van der Waals surface area contributed by atoms with Gasteiger partial charge in [-0.1, -0.05) is 30.3 Å². The SMILES string of the molecule is Cc1nc(CN2CCN(c3ccc(-c4ccccc4)nn3)CC2)cs1. The quantitative estimate of drug-likeness (QED) is 0.722. The Balaban J connectivity index is 1.36. The molecular formula is C19H21N5S. The van der Waals surface area contributed by atoms with Gasteiger partial charge in [0.05, 0.1) is 16.4 Å². The summed E-state index contributed by atoms with van der Waals surface area (Å²) in [7, 11) is 0. The van der Waals surface area contributed by atoms with E-state index in [0.29, 0.717) is 0 Å². The van der Waals surface area contributed by atoms with Crippen molar-refractivity contribution in [3.8, 4) is 11.3 Å². The molecule has 0 spiro atoms. The van der Waals surface area contributed by atoms with Crippen LogP contribution in [0.25, 0.3) is 11.3 Å². The maximum absolute atomic E-state index is 4.56. The molecule has 1 saturated heterocycles. The maximum Gasteiger partial charge on any atom is 0.151 e. The number of benzene rings is 1. The average molecular weight is 351 g/mol. The van der Waals surface area contributed by atoms with Crippen molar-refractivity contribution in [2.45, 2.75) is 13.5 Å². The van der Waals surface area contributed by atoms with Crippen molar-refractivity contribution in [1.29, 1.82) is 0 Å². The van der Waals surface area contributed by atoms with Crippen molar-refractivity contribution in [2.75, 3.05) is 31.1 Å². The highest BCUT2D eigenvalue weighted by atomic mass is 32.1. The normalized spacial score (nSPS) is 15.5. The largest absolute Gasteiger partial charge is 0.353 e. The van der Waals surface area contributed by atoms with E-state index in [0.717, 1.165) is 54.8 Å². The average Bonchev–Trinajstić information content (AvgIpc) is 3.08. The molecular weight excluding hydrogens is 330 g/mol. The fourth-order valence-electron chi connectivity index (χ4n) is 3.10. The predicted octanol–water partition coefficient (Wildman–Crippen LogP) is 3.23. The first-order valence-electron chi connectivity index (χ1n) is 8.55. The Hall–Kier alpha value is -2.31. The van der Waals surface area contributed by atoms with Crippen LogP contribution in [0.1, 0.15) is 10.7 Å². The number of aryl methyl sites for hydroxylation is 1. The fourth-order valence-corrected chi connectivity index (χ4v) is 3.71. The molecule has 0 unspecified atom stereocenters. The van der Waals surface area contributed by atoms with E-state index in [4.69, 9.17) is 0 Å². The van der Waals surface area contributed by atoms with Gasteiger partial charge in [0.15, 0.2) is 5.82 Å². The third-order valence-corrected chi connectivity index (χ3v) is 5.29. The summed E-state index contributed by atoms with van der Waals surface area (Å²) in [5.74, 6) is 0.962. The molecule has 1 aliphatic rings. The molecule has 5 nitrogen and oxygen atoms in total. The molecule has 0 saturated carbocycles. The van der Waals surface area contributed by atoms with Crippen LogP contribution in [-0.4, -0.2) is 46.3 Å². The van der Waals surface area contributed by atoms with Gasteiger partial charge in [-0.3, -0.25) is 4.90 Å². The zero-order chi connectivity index (χ0) is 17.1. The number of aromatic nitrogens is 3. The summed E-state index contributed by atoms with van der Waals surface area (Å²) in [5.41, 5.74) is 3.20. The van der Waals surface area contributed by atoms with E-state index < -0.39 is 0 Å². The summed E-state index contributed by atoms with van der Waals surface area (Å²) in [5, 5.41) is 12.1. The van der Waals surface area contributed by atoms with E-state index in [1.807, 2.05) is 18.2 Å². The molecule has 3 heterocycles. The Morgan fingerprint density at radius 3 is 2.40 bits per heavy atom. The van der Waals surface area contributed by atoms with Crippen LogP contribution in [0.4, 0.5) is 5.82 Å². The molecule has 0 radical (unpaired) electrons. The molecule has 128 valence electrons. The Kier molecular flexibility index (Phi) is 4.72. The summed E-state index contributed by atoms with van der Waals surface area (Å²) in [6.07, 6.45) is 0. The lowest BCUT2D eigenvalue weighted by atomic mass is 10.1. The van der Waals surface area contributed by atoms with Crippen molar-refractivity contribution < 1.29 is 0 Å².